The van der Waals surface area contributed by atoms with Gasteiger partial charge in [0, 0.05) is 18.5 Å². The standard InChI is InChI=1S/C16H22NO7P/c1-6-23-25(20,24-7-2)15-14(18)10-8-12(21-4)13(22-5)9-11(10)17(3)16(15)19/h8-9,18H,6-7H2,1-5H3. The fourth-order valence-electron chi connectivity index (χ4n) is 2.59. The van der Waals surface area contributed by atoms with Crippen LogP contribution in [0.1, 0.15) is 13.8 Å². The van der Waals surface area contributed by atoms with Gasteiger partial charge in [0.2, 0.25) is 0 Å². The van der Waals surface area contributed by atoms with Gasteiger partial charge in [0.25, 0.3) is 5.56 Å². The molecular weight excluding hydrogens is 349 g/mol. The molecule has 0 amide bonds. The van der Waals surface area contributed by atoms with Crippen molar-refractivity contribution >= 4 is 23.8 Å². The SMILES string of the molecule is CCOP(=O)(OCC)c1c(O)c2cc(OC)c(OC)cc2n(C)c1=O. The van der Waals surface area contributed by atoms with E-state index in [-0.39, 0.29) is 18.6 Å². The number of benzene rings is 1. The normalized spacial score (nSPS) is 11.7. The summed E-state index contributed by atoms with van der Waals surface area (Å²) < 4.78 is 35.2. The molecule has 0 fully saturated rings. The maximum Gasteiger partial charge on any atom is 0.370 e. The summed E-state index contributed by atoms with van der Waals surface area (Å²) in [6.45, 7) is 3.37. The fraction of sp³-hybridized carbons (Fsp3) is 0.438. The minimum Gasteiger partial charge on any atom is -0.506 e. The number of hydrogen-bond donors (Lipinski definition) is 1. The van der Waals surface area contributed by atoms with E-state index in [1.54, 1.807) is 19.9 Å². The predicted molar refractivity (Wildman–Crippen MR) is 94.5 cm³/mol. The van der Waals surface area contributed by atoms with E-state index in [0.29, 0.717) is 17.0 Å². The van der Waals surface area contributed by atoms with Crippen molar-refractivity contribution in [3.8, 4) is 17.2 Å². The Morgan fingerprint density at radius 3 is 2.08 bits per heavy atom. The molecule has 0 saturated carbocycles. The summed E-state index contributed by atoms with van der Waals surface area (Å²) in [6.07, 6.45) is 0. The smallest absolute Gasteiger partial charge is 0.370 e. The summed E-state index contributed by atoms with van der Waals surface area (Å²) >= 11 is 0. The summed E-state index contributed by atoms with van der Waals surface area (Å²) in [5, 5.41) is 10.6. The van der Waals surface area contributed by atoms with E-state index in [0.717, 1.165) is 0 Å². The van der Waals surface area contributed by atoms with Crippen molar-refractivity contribution in [3.63, 3.8) is 0 Å². The second kappa shape index (κ2) is 7.47. The van der Waals surface area contributed by atoms with E-state index >= 15 is 0 Å². The number of aromatic nitrogens is 1. The van der Waals surface area contributed by atoms with E-state index in [2.05, 4.69) is 0 Å². The van der Waals surface area contributed by atoms with Gasteiger partial charge < -0.3 is 28.2 Å². The van der Waals surface area contributed by atoms with Gasteiger partial charge in [0.15, 0.2) is 16.8 Å². The van der Waals surface area contributed by atoms with Crippen LogP contribution < -0.4 is 20.3 Å². The van der Waals surface area contributed by atoms with Crippen LogP contribution in [0.3, 0.4) is 0 Å². The molecule has 1 aromatic heterocycles. The Morgan fingerprint density at radius 1 is 1.08 bits per heavy atom. The average Bonchev–Trinajstić information content (AvgIpc) is 2.59. The average molecular weight is 371 g/mol. The van der Waals surface area contributed by atoms with Crippen LogP contribution in [0.25, 0.3) is 10.9 Å². The molecule has 0 spiro atoms. The van der Waals surface area contributed by atoms with Crippen molar-refractivity contribution in [3.05, 3.63) is 22.5 Å². The quantitative estimate of drug-likeness (QED) is 0.745. The number of methoxy groups -OCH3 is 2. The molecule has 8 nitrogen and oxygen atoms in total. The van der Waals surface area contributed by atoms with Crippen LogP contribution >= 0.6 is 7.60 Å². The van der Waals surface area contributed by atoms with Gasteiger partial charge in [0.1, 0.15) is 5.75 Å². The zero-order valence-corrected chi connectivity index (χ0v) is 15.8. The van der Waals surface area contributed by atoms with Gasteiger partial charge in [-0.05, 0) is 19.9 Å². The molecule has 0 bridgehead atoms. The van der Waals surface area contributed by atoms with E-state index in [1.807, 2.05) is 0 Å². The van der Waals surface area contributed by atoms with Gasteiger partial charge in [-0.15, -0.1) is 0 Å². The molecule has 1 heterocycles. The summed E-state index contributed by atoms with van der Waals surface area (Å²) in [7, 11) is 0.446. The molecule has 0 saturated heterocycles. The molecule has 25 heavy (non-hydrogen) atoms. The third-order valence-electron chi connectivity index (χ3n) is 3.72. The molecule has 0 aliphatic heterocycles. The van der Waals surface area contributed by atoms with Gasteiger partial charge in [-0.1, -0.05) is 0 Å². The predicted octanol–water partition coefficient (Wildman–Crippen LogP) is 2.15. The molecule has 1 N–H and O–H groups in total. The number of hydrogen-bond acceptors (Lipinski definition) is 7. The molecule has 9 heteroatoms. The molecule has 138 valence electrons. The van der Waals surface area contributed by atoms with E-state index in [4.69, 9.17) is 18.5 Å². The minimum absolute atomic E-state index is 0.0594. The second-order valence-electron chi connectivity index (χ2n) is 5.12. The first-order valence-corrected chi connectivity index (χ1v) is 9.26. The molecule has 0 atom stereocenters. The van der Waals surface area contributed by atoms with Gasteiger partial charge in [-0.3, -0.25) is 9.36 Å². The van der Waals surface area contributed by atoms with Crippen LogP contribution in [-0.2, 0) is 20.7 Å². The van der Waals surface area contributed by atoms with Crippen LogP contribution in [0, 0.1) is 0 Å². The zero-order chi connectivity index (χ0) is 18.8. The second-order valence-corrected chi connectivity index (χ2v) is 7.08. The van der Waals surface area contributed by atoms with Crippen LogP contribution in [0.4, 0.5) is 0 Å². The Labute approximate surface area is 145 Å². The Hall–Kier alpha value is -2.02. The van der Waals surface area contributed by atoms with Crippen LogP contribution in [0.5, 0.6) is 17.2 Å². The Kier molecular flexibility index (Phi) is 5.77. The molecule has 0 unspecified atom stereocenters. The third-order valence-corrected chi connectivity index (χ3v) is 5.87. The number of pyridine rings is 1. The highest BCUT2D eigenvalue weighted by molar-refractivity contribution is 7.62. The van der Waals surface area contributed by atoms with Crippen molar-refractivity contribution in [2.24, 2.45) is 7.05 Å². The number of ether oxygens (including phenoxy) is 2. The van der Waals surface area contributed by atoms with E-state index in [9.17, 15) is 14.5 Å². The Balaban J connectivity index is 2.92. The van der Waals surface area contributed by atoms with Crippen LogP contribution in [-0.4, -0.2) is 37.1 Å². The lowest BCUT2D eigenvalue weighted by molar-refractivity contribution is 0.229. The van der Waals surface area contributed by atoms with Crippen molar-refractivity contribution in [2.75, 3.05) is 27.4 Å². The van der Waals surface area contributed by atoms with Gasteiger partial charge >= 0.3 is 7.60 Å². The fourth-order valence-corrected chi connectivity index (χ4v) is 4.36. The molecule has 1 aromatic carbocycles. The lowest BCUT2D eigenvalue weighted by Crippen LogP contribution is -2.34. The van der Waals surface area contributed by atoms with Crippen LogP contribution in [0.15, 0.2) is 16.9 Å². The topological polar surface area (TPSA) is 96.2 Å². The summed E-state index contributed by atoms with van der Waals surface area (Å²) in [4.78, 5) is 12.8. The summed E-state index contributed by atoms with van der Waals surface area (Å²) in [5.41, 5.74) is -0.272. The Morgan fingerprint density at radius 2 is 1.60 bits per heavy atom. The van der Waals surface area contributed by atoms with Crippen molar-refractivity contribution in [2.45, 2.75) is 13.8 Å². The number of aryl methyl sites for hydroxylation is 1. The van der Waals surface area contributed by atoms with Gasteiger partial charge in [-0.2, -0.15) is 0 Å². The first kappa shape index (κ1) is 19.3. The largest absolute Gasteiger partial charge is 0.506 e. The molecule has 0 aliphatic rings. The highest BCUT2D eigenvalue weighted by Gasteiger charge is 2.36. The highest BCUT2D eigenvalue weighted by atomic mass is 31.2. The van der Waals surface area contributed by atoms with Crippen LogP contribution in [0.2, 0.25) is 0 Å². The Bertz CT molecular complexity index is 880. The zero-order valence-electron chi connectivity index (χ0n) is 14.9. The molecule has 2 rings (SSSR count). The monoisotopic (exact) mass is 371 g/mol. The summed E-state index contributed by atoms with van der Waals surface area (Å²) in [6, 6.07) is 3.07. The van der Waals surface area contributed by atoms with Crippen molar-refractivity contribution in [1.82, 2.24) is 4.57 Å². The number of rotatable bonds is 7. The van der Waals surface area contributed by atoms with Gasteiger partial charge in [0.05, 0.1) is 33.0 Å². The van der Waals surface area contributed by atoms with E-state index in [1.165, 1.54) is 31.9 Å². The lowest BCUT2D eigenvalue weighted by Gasteiger charge is -2.20. The maximum atomic E-state index is 13.1. The number of nitrogens with zero attached hydrogens (tertiary/aromatic N) is 1. The third kappa shape index (κ3) is 3.25. The van der Waals surface area contributed by atoms with Crippen molar-refractivity contribution in [1.29, 1.82) is 0 Å². The first-order valence-electron chi connectivity index (χ1n) is 7.71. The molecule has 0 radical (unpaired) electrons. The van der Waals surface area contributed by atoms with E-state index < -0.39 is 24.2 Å². The molecule has 0 aliphatic carbocycles. The van der Waals surface area contributed by atoms with Gasteiger partial charge in [-0.25, -0.2) is 0 Å². The first-order chi connectivity index (χ1) is 11.8. The molecular formula is C16H22NO7P. The minimum atomic E-state index is -3.98. The maximum absolute atomic E-state index is 13.1. The summed E-state index contributed by atoms with van der Waals surface area (Å²) in [5.74, 6) is 0.303. The number of aromatic hydroxyl groups is 1. The van der Waals surface area contributed by atoms with Crippen molar-refractivity contribution < 1.29 is 28.2 Å². The number of fused-ring (bicyclic) bond motifs is 1. The highest BCUT2D eigenvalue weighted by Crippen LogP contribution is 2.49. The molecule has 2 aromatic rings. The lowest BCUT2D eigenvalue weighted by atomic mass is 10.1.